The van der Waals surface area contributed by atoms with Gasteiger partial charge in [0.2, 0.25) is 0 Å². The van der Waals surface area contributed by atoms with Gasteiger partial charge >= 0.3 is 0 Å². The van der Waals surface area contributed by atoms with Gasteiger partial charge in [0.25, 0.3) is 10.0 Å². The van der Waals surface area contributed by atoms with Crippen LogP contribution in [0.3, 0.4) is 0 Å². The van der Waals surface area contributed by atoms with Crippen molar-refractivity contribution >= 4 is 21.4 Å². The van der Waals surface area contributed by atoms with Crippen LogP contribution in [0.4, 0.5) is 11.4 Å². The van der Waals surface area contributed by atoms with Crippen molar-refractivity contribution in [2.24, 2.45) is 0 Å². The van der Waals surface area contributed by atoms with Crippen LogP contribution < -0.4 is 14.4 Å². The molecule has 0 saturated carbocycles. The second-order valence-electron chi connectivity index (χ2n) is 6.94. The van der Waals surface area contributed by atoms with Crippen molar-refractivity contribution in [1.82, 2.24) is 4.90 Å². The van der Waals surface area contributed by atoms with Gasteiger partial charge in [-0.15, -0.1) is 0 Å². The zero-order chi connectivity index (χ0) is 18.3. The average Bonchev–Trinajstić information content (AvgIpc) is 2.62. The predicted octanol–water partition coefficient (Wildman–Crippen LogP) is 2.30. The Morgan fingerprint density at radius 3 is 2.81 bits per heavy atom. The fourth-order valence-electron chi connectivity index (χ4n) is 3.52. The minimum Gasteiger partial charge on any atom is -0.490 e. The zero-order valence-corrected chi connectivity index (χ0v) is 15.8. The molecule has 0 fully saturated rings. The van der Waals surface area contributed by atoms with Crippen LogP contribution in [0, 0.1) is 0 Å². The van der Waals surface area contributed by atoms with Crippen molar-refractivity contribution in [2.45, 2.75) is 17.9 Å². The summed E-state index contributed by atoms with van der Waals surface area (Å²) in [5.74, 6) is 0.608. The third-order valence-electron chi connectivity index (χ3n) is 5.05. The third-order valence-corrected chi connectivity index (χ3v) is 6.41. The van der Waals surface area contributed by atoms with E-state index in [-0.39, 0.29) is 4.90 Å². The molecular formula is C19H23N3O3S. The number of sulfonamides is 1. The van der Waals surface area contributed by atoms with Crippen LogP contribution in [0.25, 0.3) is 0 Å². The molecule has 26 heavy (non-hydrogen) atoms. The number of hydrogen-bond acceptors (Lipinski definition) is 5. The molecule has 0 atom stereocenters. The van der Waals surface area contributed by atoms with Crippen molar-refractivity contribution in [3.8, 4) is 5.75 Å². The summed E-state index contributed by atoms with van der Waals surface area (Å²) in [5.41, 5.74) is 3.83. The van der Waals surface area contributed by atoms with Crippen LogP contribution >= 0.6 is 0 Å². The van der Waals surface area contributed by atoms with E-state index >= 15 is 0 Å². The van der Waals surface area contributed by atoms with E-state index in [4.69, 9.17) is 4.74 Å². The van der Waals surface area contributed by atoms with Gasteiger partial charge in [0.15, 0.2) is 0 Å². The summed E-state index contributed by atoms with van der Waals surface area (Å²) in [6.07, 6.45) is 0.931. The predicted molar refractivity (Wildman–Crippen MR) is 102 cm³/mol. The van der Waals surface area contributed by atoms with E-state index in [9.17, 15) is 8.42 Å². The average molecular weight is 373 g/mol. The van der Waals surface area contributed by atoms with Gasteiger partial charge in [0, 0.05) is 26.2 Å². The minimum absolute atomic E-state index is 0.216. The van der Waals surface area contributed by atoms with Crippen molar-refractivity contribution in [3.63, 3.8) is 0 Å². The Morgan fingerprint density at radius 2 is 1.96 bits per heavy atom. The smallest absolute Gasteiger partial charge is 0.262 e. The van der Waals surface area contributed by atoms with Crippen LogP contribution in [0.1, 0.15) is 11.1 Å². The van der Waals surface area contributed by atoms with Gasteiger partial charge in [-0.05, 0) is 42.8 Å². The lowest BCUT2D eigenvalue weighted by Gasteiger charge is -2.28. The molecule has 138 valence electrons. The maximum atomic E-state index is 12.9. The first-order valence-electron chi connectivity index (χ1n) is 8.74. The molecule has 7 heteroatoms. The number of rotatable bonds is 3. The van der Waals surface area contributed by atoms with Crippen LogP contribution in [-0.4, -0.2) is 47.1 Å². The largest absolute Gasteiger partial charge is 0.490 e. The first-order chi connectivity index (χ1) is 12.4. The van der Waals surface area contributed by atoms with Gasteiger partial charge in [-0.3, -0.25) is 4.72 Å². The molecule has 0 unspecified atom stereocenters. The lowest BCUT2D eigenvalue weighted by Crippen LogP contribution is -2.29. The van der Waals surface area contributed by atoms with Crippen molar-refractivity contribution in [2.75, 3.05) is 43.4 Å². The molecule has 0 aliphatic carbocycles. The number of hydrogen-bond donors (Lipinski definition) is 1. The molecule has 2 aliphatic rings. The lowest BCUT2D eigenvalue weighted by molar-refractivity contribution is 0.310. The number of likely N-dealkylation sites (N-methyl/N-ethyl adjacent to an activating group) is 2. The molecule has 0 radical (unpaired) electrons. The number of ether oxygens (including phenoxy) is 1. The van der Waals surface area contributed by atoms with Crippen LogP contribution in [0.2, 0.25) is 0 Å². The molecule has 1 N–H and O–H groups in total. The molecule has 4 rings (SSSR count). The van der Waals surface area contributed by atoms with Crippen molar-refractivity contribution < 1.29 is 13.2 Å². The SMILES string of the molecule is CN1CCc2cccc(NS(=O)(=O)c3ccc4c(c3)OCCN4C)c2C1. The molecule has 6 nitrogen and oxygen atoms in total. The highest BCUT2D eigenvalue weighted by atomic mass is 32.2. The Kier molecular flexibility index (Phi) is 4.28. The molecular weight excluding hydrogens is 350 g/mol. The summed E-state index contributed by atoms with van der Waals surface area (Å²) >= 11 is 0. The Labute approximate surface area is 154 Å². The van der Waals surface area contributed by atoms with Crippen LogP contribution in [-0.2, 0) is 23.0 Å². The molecule has 2 aromatic rings. The van der Waals surface area contributed by atoms with E-state index in [0.29, 0.717) is 18.0 Å². The highest BCUT2D eigenvalue weighted by Crippen LogP contribution is 2.34. The number of nitrogens with zero attached hydrogens (tertiary/aromatic N) is 2. The van der Waals surface area contributed by atoms with E-state index in [0.717, 1.165) is 37.3 Å². The van der Waals surface area contributed by atoms with Gasteiger partial charge < -0.3 is 14.5 Å². The van der Waals surface area contributed by atoms with Crippen LogP contribution in [0.5, 0.6) is 5.75 Å². The summed E-state index contributed by atoms with van der Waals surface area (Å²) in [6, 6.07) is 10.9. The summed E-state index contributed by atoms with van der Waals surface area (Å²) in [5, 5.41) is 0. The van der Waals surface area contributed by atoms with E-state index in [1.165, 1.54) is 5.56 Å². The number of fused-ring (bicyclic) bond motifs is 2. The number of anilines is 2. The Bertz CT molecular complexity index is 943. The Morgan fingerprint density at radius 1 is 1.12 bits per heavy atom. The van der Waals surface area contributed by atoms with E-state index < -0.39 is 10.0 Å². The highest BCUT2D eigenvalue weighted by molar-refractivity contribution is 7.92. The summed E-state index contributed by atoms with van der Waals surface area (Å²) in [6.45, 7) is 3.07. The maximum Gasteiger partial charge on any atom is 0.262 e. The standard InChI is InChI=1S/C19H23N3O3S/c1-21-9-8-14-4-3-5-17(16(14)13-21)20-26(23,24)15-6-7-18-19(12-15)25-11-10-22(18)2/h3-7,12,20H,8-11,13H2,1-2H3. The fraction of sp³-hybridized carbons (Fsp3) is 0.368. The monoisotopic (exact) mass is 373 g/mol. The molecule has 2 heterocycles. The molecule has 2 aromatic carbocycles. The van der Waals surface area contributed by atoms with Gasteiger partial charge in [-0.1, -0.05) is 12.1 Å². The quantitative estimate of drug-likeness (QED) is 0.895. The zero-order valence-electron chi connectivity index (χ0n) is 15.0. The first-order valence-corrected chi connectivity index (χ1v) is 10.2. The van der Waals surface area contributed by atoms with Gasteiger partial charge in [-0.2, -0.15) is 0 Å². The summed E-state index contributed by atoms with van der Waals surface area (Å²) in [4.78, 5) is 4.47. The minimum atomic E-state index is -3.68. The van der Waals surface area contributed by atoms with E-state index in [1.54, 1.807) is 18.2 Å². The highest BCUT2D eigenvalue weighted by Gasteiger charge is 2.23. The Hall–Kier alpha value is -2.25. The Balaban J connectivity index is 1.67. The fourth-order valence-corrected chi connectivity index (χ4v) is 4.63. The second-order valence-corrected chi connectivity index (χ2v) is 8.62. The van der Waals surface area contributed by atoms with Gasteiger partial charge in [0.05, 0.1) is 22.8 Å². The van der Waals surface area contributed by atoms with E-state index in [1.807, 2.05) is 26.2 Å². The molecule has 0 spiro atoms. The molecule has 0 saturated heterocycles. The summed E-state index contributed by atoms with van der Waals surface area (Å²) < 4.78 is 34.3. The van der Waals surface area contributed by atoms with Crippen molar-refractivity contribution in [3.05, 3.63) is 47.5 Å². The topological polar surface area (TPSA) is 61.9 Å². The first kappa shape index (κ1) is 17.2. The maximum absolute atomic E-state index is 12.9. The van der Waals surface area contributed by atoms with Crippen molar-refractivity contribution in [1.29, 1.82) is 0 Å². The normalized spacial score (nSPS) is 17.2. The molecule has 0 amide bonds. The van der Waals surface area contributed by atoms with E-state index in [2.05, 4.69) is 20.6 Å². The molecule has 0 bridgehead atoms. The molecule has 2 aliphatic heterocycles. The van der Waals surface area contributed by atoms with Gasteiger partial charge in [-0.25, -0.2) is 8.42 Å². The van der Waals surface area contributed by atoms with Gasteiger partial charge in [0.1, 0.15) is 12.4 Å². The molecule has 0 aromatic heterocycles. The third kappa shape index (κ3) is 3.12. The number of nitrogens with one attached hydrogen (secondary N) is 1. The van der Waals surface area contributed by atoms with Crippen LogP contribution in [0.15, 0.2) is 41.3 Å². The second kappa shape index (κ2) is 6.48. The summed E-state index contributed by atoms with van der Waals surface area (Å²) in [7, 11) is 0.338. The number of benzene rings is 2. The lowest BCUT2D eigenvalue weighted by atomic mass is 9.99.